The average molecular weight is 314 g/mol. The summed E-state index contributed by atoms with van der Waals surface area (Å²) in [6.07, 6.45) is 4.01. The number of allylic oxidation sites excluding steroid dienone is 2. The Hall–Kier alpha value is -1.25. The summed E-state index contributed by atoms with van der Waals surface area (Å²) >= 11 is 7.41. The second-order valence-corrected chi connectivity index (χ2v) is 6.12. The van der Waals surface area contributed by atoms with Gasteiger partial charge in [-0.05, 0) is 24.5 Å². The Morgan fingerprint density at radius 2 is 2.26 bits per heavy atom. The van der Waals surface area contributed by atoms with Gasteiger partial charge in [-0.25, -0.2) is 4.79 Å². The largest absolute Gasteiger partial charge is 0.464 e. The molecule has 0 aromatic heterocycles. The van der Waals surface area contributed by atoms with Crippen molar-refractivity contribution in [3.63, 3.8) is 0 Å². The van der Waals surface area contributed by atoms with Crippen molar-refractivity contribution in [3.8, 4) is 0 Å². The predicted molar refractivity (Wildman–Crippen MR) is 80.3 cm³/mol. The molecule has 0 radical (unpaired) electrons. The first-order valence-corrected chi connectivity index (χ1v) is 7.46. The Labute approximate surface area is 124 Å². The number of thiocarbonyl (C=S) groups is 1. The fourth-order valence-electron chi connectivity index (χ4n) is 1.50. The molecule has 0 saturated carbocycles. The highest BCUT2D eigenvalue weighted by molar-refractivity contribution is 8.26. The van der Waals surface area contributed by atoms with Crippen LogP contribution in [0.3, 0.4) is 0 Å². The Balaban J connectivity index is 2.18. The topological polar surface area (TPSA) is 60.9 Å². The molecule has 2 aliphatic rings. The van der Waals surface area contributed by atoms with Gasteiger partial charge in [0.1, 0.15) is 0 Å². The number of imide groups is 1. The predicted octanol–water partition coefficient (Wildman–Crippen LogP) is 2.79. The minimum atomic E-state index is -1.34. The molecule has 8 heteroatoms. The number of amides is 2. The molecule has 0 aliphatic carbocycles. The summed E-state index contributed by atoms with van der Waals surface area (Å²) in [5.74, 6) is -0.585. The zero-order chi connectivity index (χ0) is 14.0. The fourth-order valence-corrected chi connectivity index (χ4v) is 3.51. The van der Waals surface area contributed by atoms with Crippen molar-refractivity contribution in [2.45, 2.75) is 6.92 Å². The van der Waals surface area contributed by atoms with Crippen LogP contribution >= 0.6 is 35.7 Å². The fraction of sp³-hybridized carbons (Fsp3) is 0.182. The summed E-state index contributed by atoms with van der Waals surface area (Å²) in [7, 11) is 0. The number of nitrogens with zero attached hydrogens (tertiary/aromatic N) is 2. The number of carboxylic acid groups (broad SMARTS) is 1. The van der Waals surface area contributed by atoms with Crippen LogP contribution in [0.5, 0.6) is 0 Å². The summed E-state index contributed by atoms with van der Waals surface area (Å²) in [5.41, 5.74) is 0. The van der Waals surface area contributed by atoms with Crippen molar-refractivity contribution in [3.05, 3.63) is 33.7 Å². The van der Waals surface area contributed by atoms with Crippen molar-refractivity contribution in [1.82, 2.24) is 9.80 Å². The molecule has 0 bridgehead atoms. The van der Waals surface area contributed by atoms with Gasteiger partial charge in [0.25, 0.3) is 5.91 Å². The van der Waals surface area contributed by atoms with E-state index in [-0.39, 0.29) is 4.32 Å². The Morgan fingerprint density at radius 1 is 1.53 bits per heavy atom. The first-order valence-electron chi connectivity index (χ1n) is 5.35. The summed E-state index contributed by atoms with van der Waals surface area (Å²) in [4.78, 5) is 25.6. The lowest BCUT2D eigenvalue weighted by atomic mass is 10.4. The lowest BCUT2D eigenvalue weighted by Gasteiger charge is -2.13. The molecule has 1 saturated heterocycles. The van der Waals surface area contributed by atoms with E-state index in [4.69, 9.17) is 17.3 Å². The van der Waals surface area contributed by atoms with Crippen molar-refractivity contribution in [2.75, 3.05) is 6.54 Å². The number of thioether (sulfide) groups is 2. The first-order chi connectivity index (χ1) is 9.04. The van der Waals surface area contributed by atoms with Crippen LogP contribution in [-0.4, -0.2) is 37.8 Å². The molecule has 2 rings (SSSR count). The Bertz CT molecular complexity index is 539. The molecule has 0 atom stereocenters. The van der Waals surface area contributed by atoms with Crippen molar-refractivity contribution >= 4 is 52.1 Å². The van der Waals surface area contributed by atoms with Crippen molar-refractivity contribution in [1.29, 1.82) is 0 Å². The molecule has 0 aromatic rings. The summed E-state index contributed by atoms with van der Waals surface area (Å²) in [6.45, 7) is 2.85. The molecule has 2 heterocycles. The molecular formula is C11H10N2O3S3. The number of carbonyl (C=O) groups is 2. The third kappa shape index (κ3) is 2.85. The van der Waals surface area contributed by atoms with Crippen LogP contribution in [0.4, 0.5) is 4.79 Å². The maximum atomic E-state index is 11.8. The van der Waals surface area contributed by atoms with E-state index < -0.39 is 12.0 Å². The summed E-state index contributed by atoms with van der Waals surface area (Å²) < 4.78 is 0.0479. The van der Waals surface area contributed by atoms with Crippen LogP contribution in [-0.2, 0) is 4.79 Å². The summed E-state index contributed by atoms with van der Waals surface area (Å²) in [5, 5.41) is 11.8. The Kier molecular flexibility index (Phi) is 4.33. The number of rotatable bonds is 2. The average Bonchev–Trinajstić information content (AvgIpc) is 2.91. The van der Waals surface area contributed by atoms with Crippen LogP contribution in [0.2, 0.25) is 0 Å². The zero-order valence-corrected chi connectivity index (χ0v) is 12.3. The van der Waals surface area contributed by atoms with Crippen molar-refractivity contribution in [2.24, 2.45) is 0 Å². The van der Waals surface area contributed by atoms with Gasteiger partial charge in [0.15, 0.2) is 4.32 Å². The maximum Gasteiger partial charge on any atom is 0.420 e. The third-order valence-corrected chi connectivity index (χ3v) is 4.61. The number of carbonyl (C=O) groups excluding carboxylic acids is 1. The number of hydrogen-bond donors (Lipinski definition) is 1. The van der Waals surface area contributed by atoms with Crippen LogP contribution < -0.4 is 0 Å². The lowest BCUT2D eigenvalue weighted by Crippen LogP contribution is -2.33. The second kappa shape index (κ2) is 5.81. The quantitative estimate of drug-likeness (QED) is 0.621. The second-order valence-electron chi connectivity index (χ2n) is 3.52. The van der Waals surface area contributed by atoms with E-state index in [9.17, 15) is 9.59 Å². The third-order valence-electron chi connectivity index (χ3n) is 2.42. The van der Waals surface area contributed by atoms with E-state index in [1.165, 1.54) is 0 Å². The molecule has 0 aromatic carbocycles. The van der Waals surface area contributed by atoms with Gasteiger partial charge in [-0.3, -0.25) is 4.79 Å². The highest BCUT2D eigenvalue weighted by Crippen LogP contribution is 2.33. The SMILES string of the molecule is CCN1C=CSC1=CC=C1SC(=S)N(C(=O)O)C1=O. The minimum absolute atomic E-state index is 0.0479. The standard InChI is InChI=1S/C11H10N2O3S3/c1-2-12-5-6-18-8(12)4-3-7-9(14)13(10(15)16)11(17)19-7/h3-6H,2H2,1H3,(H,15,16). The normalized spacial score (nSPS) is 23.2. The molecule has 0 unspecified atom stereocenters. The lowest BCUT2D eigenvalue weighted by molar-refractivity contribution is -0.120. The molecule has 0 spiro atoms. The van der Waals surface area contributed by atoms with E-state index in [1.807, 2.05) is 23.4 Å². The van der Waals surface area contributed by atoms with Crippen LogP contribution in [0.15, 0.2) is 33.7 Å². The van der Waals surface area contributed by atoms with Gasteiger partial charge in [0, 0.05) is 12.7 Å². The molecule has 2 aliphatic heterocycles. The van der Waals surface area contributed by atoms with Gasteiger partial charge < -0.3 is 10.0 Å². The minimum Gasteiger partial charge on any atom is -0.464 e. The Morgan fingerprint density at radius 3 is 2.84 bits per heavy atom. The van der Waals surface area contributed by atoms with Gasteiger partial charge in [-0.1, -0.05) is 35.7 Å². The monoisotopic (exact) mass is 314 g/mol. The van der Waals surface area contributed by atoms with E-state index in [2.05, 4.69) is 0 Å². The van der Waals surface area contributed by atoms with E-state index >= 15 is 0 Å². The van der Waals surface area contributed by atoms with E-state index in [1.54, 1.807) is 23.9 Å². The van der Waals surface area contributed by atoms with E-state index in [0.29, 0.717) is 9.81 Å². The highest BCUT2D eigenvalue weighted by atomic mass is 32.2. The molecule has 100 valence electrons. The molecule has 1 fully saturated rings. The van der Waals surface area contributed by atoms with Crippen molar-refractivity contribution < 1.29 is 14.7 Å². The molecular weight excluding hydrogens is 304 g/mol. The highest BCUT2D eigenvalue weighted by Gasteiger charge is 2.36. The molecule has 1 N–H and O–H groups in total. The van der Waals surface area contributed by atoms with E-state index in [0.717, 1.165) is 23.3 Å². The maximum absolute atomic E-state index is 11.8. The van der Waals surface area contributed by atoms with Crippen LogP contribution in [0, 0.1) is 0 Å². The van der Waals surface area contributed by atoms with Crippen LogP contribution in [0.25, 0.3) is 0 Å². The van der Waals surface area contributed by atoms with Gasteiger partial charge in [0.2, 0.25) is 0 Å². The number of hydrogen-bond acceptors (Lipinski definition) is 6. The van der Waals surface area contributed by atoms with Gasteiger partial charge in [0.05, 0.1) is 9.93 Å². The van der Waals surface area contributed by atoms with Gasteiger partial charge in [-0.2, -0.15) is 4.90 Å². The first kappa shape index (κ1) is 14.2. The van der Waals surface area contributed by atoms with Gasteiger partial charge in [-0.15, -0.1) is 0 Å². The smallest absolute Gasteiger partial charge is 0.420 e. The molecule has 19 heavy (non-hydrogen) atoms. The molecule has 5 nitrogen and oxygen atoms in total. The van der Waals surface area contributed by atoms with Gasteiger partial charge >= 0.3 is 6.09 Å². The summed E-state index contributed by atoms with van der Waals surface area (Å²) in [6, 6.07) is 0. The zero-order valence-electron chi connectivity index (χ0n) is 9.90. The van der Waals surface area contributed by atoms with Crippen LogP contribution in [0.1, 0.15) is 6.92 Å². The molecule has 2 amide bonds.